The first kappa shape index (κ1) is 32.6. The summed E-state index contributed by atoms with van der Waals surface area (Å²) < 4.78 is 24.3. The van der Waals surface area contributed by atoms with Gasteiger partial charge >= 0.3 is 5.97 Å². The molecule has 1 atom stereocenters. The van der Waals surface area contributed by atoms with Crippen LogP contribution in [0.15, 0.2) is 48.5 Å². The smallest absolute Gasteiger partial charge is 0.311 e. The fraction of sp³-hybridized carbons (Fsp3) is 0.486. The normalized spacial score (nSPS) is 19.3. The number of carboxylic acid groups (broad SMARTS) is 1. The van der Waals surface area contributed by atoms with E-state index >= 15 is 0 Å². The summed E-state index contributed by atoms with van der Waals surface area (Å²) in [4.78, 5) is 16.1. The molecule has 0 spiro atoms. The van der Waals surface area contributed by atoms with E-state index in [2.05, 4.69) is 53.1 Å². The average Bonchev–Trinajstić information content (AvgIpc) is 3.44. The quantitative estimate of drug-likeness (QED) is 0.203. The number of carboxylic acids is 1. The van der Waals surface area contributed by atoms with Crippen molar-refractivity contribution in [1.29, 1.82) is 0 Å². The second-order valence-corrected chi connectivity index (χ2v) is 13.3. The van der Waals surface area contributed by atoms with E-state index in [9.17, 15) is 9.90 Å². The van der Waals surface area contributed by atoms with E-state index in [-0.39, 0.29) is 6.10 Å². The number of nitrogens with zero attached hydrogens (tertiary/aromatic N) is 2. The highest BCUT2D eigenvalue weighted by atomic mass is 35.5. The lowest BCUT2D eigenvalue weighted by atomic mass is 9.82. The lowest BCUT2D eigenvalue weighted by molar-refractivity contribution is -0.158. The van der Waals surface area contributed by atoms with Crippen molar-refractivity contribution in [3.63, 3.8) is 0 Å². The molecule has 46 heavy (non-hydrogen) atoms. The van der Waals surface area contributed by atoms with Crippen LogP contribution >= 0.6 is 11.6 Å². The highest BCUT2D eigenvalue weighted by Crippen LogP contribution is 2.44. The summed E-state index contributed by atoms with van der Waals surface area (Å²) in [5, 5.41) is 10.0. The number of aliphatic carboxylic acids is 1. The van der Waals surface area contributed by atoms with Crippen LogP contribution in [0.1, 0.15) is 55.0 Å². The first-order valence-corrected chi connectivity index (χ1v) is 16.9. The fourth-order valence-electron chi connectivity index (χ4n) is 7.01. The van der Waals surface area contributed by atoms with Crippen molar-refractivity contribution in [1.82, 2.24) is 9.80 Å². The van der Waals surface area contributed by atoms with Crippen molar-refractivity contribution >= 4 is 17.6 Å². The summed E-state index contributed by atoms with van der Waals surface area (Å²) in [7, 11) is 0. The molecule has 2 fully saturated rings. The summed E-state index contributed by atoms with van der Waals surface area (Å²) in [6.45, 7) is 13.3. The minimum absolute atomic E-state index is 0.126. The molecule has 6 rings (SSSR count). The van der Waals surface area contributed by atoms with E-state index < -0.39 is 11.4 Å². The van der Waals surface area contributed by atoms with E-state index in [0.29, 0.717) is 43.6 Å². The van der Waals surface area contributed by atoms with Crippen LogP contribution in [0.3, 0.4) is 0 Å². The number of rotatable bonds is 13. The van der Waals surface area contributed by atoms with Crippen LogP contribution in [0.5, 0.6) is 17.2 Å². The molecule has 0 radical (unpaired) electrons. The molecule has 1 N–H and O–H groups in total. The third-order valence-electron chi connectivity index (χ3n) is 9.51. The molecule has 3 aliphatic rings. The lowest BCUT2D eigenvalue weighted by Gasteiger charge is -2.45. The number of hydrogen-bond acceptors (Lipinski definition) is 7. The summed E-state index contributed by atoms with van der Waals surface area (Å²) in [5.41, 5.74) is 6.27. The minimum atomic E-state index is -0.762. The molecule has 0 bridgehead atoms. The Morgan fingerprint density at radius 2 is 1.78 bits per heavy atom. The summed E-state index contributed by atoms with van der Waals surface area (Å²) >= 11 is 6.80. The van der Waals surface area contributed by atoms with E-state index in [4.69, 9.17) is 30.5 Å². The maximum absolute atomic E-state index is 11.6. The molecule has 2 heterocycles. The van der Waals surface area contributed by atoms with Gasteiger partial charge in [0, 0.05) is 50.9 Å². The molecular formula is C37H45ClN2O6. The molecule has 2 saturated heterocycles. The monoisotopic (exact) mass is 648 g/mol. The van der Waals surface area contributed by atoms with Gasteiger partial charge in [-0.25, -0.2) is 0 Å². The van der Waals surface area contributed by atoms with Crippen LogP contribution in [0.4, 0.5) is 0 Å². The zero-order valence-electron chi connectivity index (χ0n) is 27.1. The Morgan fingerprint density at radius 3 is 2.54 bits per heavy atom. The molecule has 9 heteroatoms. The number of ether oxygens (including phenoxy) is 4. The lowest BCUT2D eigenvalue weighted by Crippen LogP contribution is -2.58. The average molecular weight is 649 g/mol. The summed E-state index contributed by atoms with van der Waals surface area (Å²) in [5.74, 6) is 1.49. The Morgan fingerprint density at radius 1 is 1.02 bits per heavy atom. The Hall–Kier alpha value is -3.30. The molecule has 3 aromatic carbocycles. The number of fused-ring (bicyclic) bond motifs is 1. The fourth-order valence-corrected chi connectivity index (χ4v) is 7.24. The standard InChI is InChI=1S/C37H45ClN2O6/c1-4-44-34-21-35(31(38)20-26(34)22-40-23-37(3,24-40)36(41)42)46-33-13-12-29-28(9-5-10-30(29)33)27-8-6-11-32(25(27)2)45-17-7-14-39-15-18-43-19-16-39/h5-6,8-11,20-21,33H,4,7,12-19,22-24H2,1-3H3,(H,41,42)/t33-/m0/s1. The minimum Gasteiger partial charge on any atom is -0.493 e. The van der Waals surface area contributed by atoms with Crippen LogP contribution < -0.4 is 14.2 Å². The van der Waals surface area contributed by atoms with Crippen molar-refractivity contribution in [2.75, 3.05) is 59.2 Å². The molecule has 8 nitrogen and oxygen atoms in total. The first-order valence-electron chi connectivity index (χ1n) is 16.5. The Kier molecular flexibility index (Phi) is 10.1. The molecule has 1 aliphatic carbocycles. The zero-order valence-corrected chi connectivity index (χ0v) is 27.9. The van der Waals surface area contributed by atoms with Gasteiger partial charge in [0.25, 0.3) is 0 Å². The van der Waals surface area contributed by atoms with Crippen LogP contribution in [-0.2, 0) is 22.5 Å². The van der Waals surface area contributed by atoms with Crippen molar-refractivity contribution in [2.24, 2.45) is 5.41 Å². The molecule has 2 aliphatic heterocycles. The zero-order chi connectivity index (χ0) is 32.3. The largest absolute Gasteiger partial charge is 0.493 e. The van der Waals surface area contributed by atoms with Crippen molar-refractivity contribution in [3.05, 3.63) is 75.8 Å². The van der Waals surface area contributed by atoms with E-state index in [1.54, 1.807) is 6.92 Å². The van der Waals surface area contributed by atoms with Gasteiger partial charge in [-0.05, 0) is 80.0 Å². The van der Waals surface area contributed by atoms with Crippen LogP contribution in [0.2, 0.25) is 5.02 Å². The van der Waals surface area contributed by atoms with Gasteiger partial charge in [-0.1, -0.05) is 41.9 Å². The molecule has 0 amide bonds. The number of halogens is 1. The number of carbonyl (C=O) groups is 1. The van der Waals surface area contributed by atoms with Gasteiger partial charge in [0.2, 0.25) is 0 Å². The topological polar surface area (TPSA) is 80.7 Å². The van der Waals surface area contributed by atoms with Gasteiger partial charge in [0.15, 0.2) is 0 Å². The van der Waals surface area contributed by atoms with Gasteiger partial charge < -0.3 is 24.1 Å². The van der Waals surface area contributed by atoms with E-state index in [1.807, 2.05) is 19.1 Å². The van der Waals surface area contributed by atoms with Crippen LogP contribution in [-0.4, -0.2) is 80.0 Å². The molecule has 246 valence electrons. The molecular weight excluding hydrogens is 604 g/mol. The number of hydrogen-bond donors (Lipinski definition) is 1. The number of morpholine rings is 1. The summed E-state index contributed by atoms with van der Waals surface area (Å²) in [6, 6.07) is 16.6. The third kappa shape index (κ3) is 7.00. The second kappa shape index (κ2) is 14.2. The molecule has 0 saturated carbocycles. The van der Waals surface area contributed by atoms with Crippen molar-refractivity contribution in [2.45, 2.75) is 52.7 Å². The SMILES string of the molecule is CCOc1cc(O[C@H]2CCc3c(-c4cccc(OCCCN5CCOCC5)c4C)cccc32)c(Cl)cc1CN1CC(C)(C(=O)O)C1. The van der Waals surface area contributed by atoms with Crippen molar-refractivity contribution in [3.8, 4) is 28.4 Å². The highest BCUT2D eigenvalue weighted by Gasteiger charge is 2.45. The molecule has 0 aromatic heterocycles. The van der Waals surface area contributed by atoms with Gasteiger partial charge in [0.05, 0.1) is 36.9 Å². The molecule has 3 aromatic rings. The van der Waals surface area contributed by atoms with Gasteiger partial charge in [-0.15, -0.1) is 0 Å². The molecule has 0 unspecified atom stereocenters. The van der Waals surface area contributed by atoms with Gasteiger partial charge in [0.1, 0.15) is 23.4 Å². The Labute approximate surface area is 277 Å². The Balaban J connectivity index is 1.15. The van der Waals surface area contributed by atoms with Crippen molar-refractivity contribution < 1.29 is 28.8 Å². The Bertz CT molecular complexity index is 1550. The first-order chi connectivity index (χ1) is 22.3. The number of benzene rings is 3. The van der Waals surface area contributed by atoms with Gasteiger partial charge in [-0.3, -0.25) is 14.6 Å². The predicted octanol–water partition coefficient (Wildman–Crippen LogP) is 6.79. The number of likely N-dealkylation sites (tertiary alicyclic amines) is 1. The van der Waals surface area contributed by atoms with E-state index in [1.165, 1.54) is 22.3 Å². The van der Waals surface area contributed by atoms with Crippen LogP contribution in [0.25, 0.3) is 11.1 Å². The summed E-state index contributed by atoms with van der Waals surface area (Å²) in [6.07, 6.45) is 2.62. The van der Waals surface area contributed by atoms with Crippen LogP contribution in [0, 0.1) is 12.3 Å². The highest BCUT2D eigenvalue weighted by molar-refractivity contribution is 6.32. The maximum atomic E-state index is 11.6. The second-order valence-electron chi connectivity index (χ2n) is 12.9. The predicted molar refractivity (Wildman–Crippen MR) is 179 cm³/mol. The third-order valence-corrected chi connectivity index (χ3v) is 9.80. The maximum Gasteiger partial charge on any atom is 0.311 e. The van der Waals surface area contributed by atoms with Gasteiger partial charge in [-0.2, -0.15) is 0 Å². The van der Waals surface area contributed by atoms with E-state index in [0.717, 1.165) is 74.7 Å².